The molecule has 206 valence electrons. The maximum absolute atomic E-state index is 13.5. The highest BCUT2D eigenvalue weighted by Crippen LogP contribution is 2.51. The molecule has 40 heavy (non-hydrogen) atoms. The van der Waals surface area contributed by atoms with Gasteiger partial charge >= 0.3 is 0 Å². The lowest BCUT2D eigenvalue weighted by Gasteiger charge is -2.43. The molecule has 6 rings (SSSR count). The molecule has 0 unspecified atom stereocenters. The van der Waals surface area contributed by atoms with E-state index in [-0.39, 0.29) is 11.6 Å². The zero-order valence-corrected chi connectivity index (χ0v) is 23.9. The summed E-state index contributed by atoms with van der Waals surface area (Å²) in [6, 6.07) is 18.2. The Kier molecular flexibility index (Phi) is 7.41. The van der Waals surface area contributed by atoms with Gasteiger partial charge in [0.2, 0.25) is 0 Å². The van der Waals surface area contributed by atoms with Crippen molar-refractivity contribution in [3.05, 3.63) is 93.3 Å². The predicted molar refractivity (Wildman–Crippen MR) is 158 cm³/mol. The first-order chi connectivity index (χ1) is 19.5. The third-order valence-corrected chi connectivity index (χ3v) is 8.60. The molecular weight excluding hydrogens is 522 g/mol. The number of carbonyl (C=O) groups is 2. The van der Waals surface area contributed by atoms with E-state index in [9.17, 15) is 9.59 Å². The Morgan fingerprint density at radius 1 is 0.850 bits per heavy atom. The van der Waals surface area contributed by atoms with Crippen LogP contribution in [0.4, 0.5) is 0 Å². The van der Waals surface area contributed by atoms with Crippen molar-refractivity contribution in [2.75, 3.05) is 13.2 Å². The van der Waals surface area contributed by atoms with E-state index < -0.39 is 5.92 Å². The van der Waals surface area contributed by atoms with Gasteiger partial charge in [-0.05, 0) is 73.6 Å². The number of halogens is 1. The van der Waals surface area contributed by atoms with Crippen LogP contribution in [-0.4, -0.2) is 29.6 Å². The molecule has 0 bridgehead atoms. The minimum Gasteiger partial charge on any atom is -0.490 e. The van der Waals surface area contributed by atoms with Crippen LogP contribution in [0.3, 0.4) is 0 Å². The zero-order chi connectivity index (χ0) is 27.8. The normalized spacial score (nSPS) is 17.8. The van der Waals surface area contributed by atoms with E-state index in [0.717, 1.165) is 76.7 Å². The summed E-state index contributed by atoms with van der Waals surface area (Å²) in [5.74, 6) is 0.815. The number of ether oxygens (including phenoxy) is 2. The van der Waals surface area contributed by atoms with Gasteiger partial charge in [0.25, 0.3) is 0 Å². The number of Topliss-reactive ketones (excluding diaryl/α,β-unsaturated/α-hetero) is 2. The Hall–Kier alpha value is -3.57. The molecule has 0 atom stereocenters. The van der Waals surface area contributed by atoms with Crippen LogP contribution in [-0.2, 0) is 16.2 Å². The van der Waals surface area contributed by atoms with E-state index in [1.165, 1.54) is 0 Å². The van der Waals surface area contributed by atoms with Crippen molar-refractivity contribution < 1.29 is 19.1 Å². The van der Waals surface area contributed by atoms with E-state index >= 15 is 0 Å². The van der Waals surface area contributed by atoms with Gasteiger partial charge in [-0.1, -0.05) is 54.1 Å². The van der Waals surface area contributed by atoms with Gasteiger partial charge in [0.1, 0.15) is 6.61 Å². The minimum atomic E-state index is -0.433. The van der Waals surface area contributed by atoms with Crippen molar-refractivity contribution in [2.24, 2.45) is 0 Å². The van der Waals surface area contributed by atoms with Crippen molar-refractivity contribution in [1.82, 2.24) is 4.90 Å². The second-order valence-electron chi connectivity index (χ2n) is 10.6. The monoisotopic (exact) mass is 555 g/mol. The number of hydrogen-bond donors (Lipinski definition) is 0. The molecular formula is C34H34ClNO4. The van der Waals surface area contributed by atoms with Crippen LogP contribution < -0.4 is 9.47 Å². The highest BCUT2D eigenvalue weighted by molar-refractivity contribution is 6.32. The van der Waals surface area contributed by atoms with Gasteiger partial charge in [-0.15, -0.1) is 0 Å². The summed E-state index contributed by atoms with van der Waals surface area (Å²) in [6.45, 7) is 5.53. The van der Waals surface area contributed by atoms with Gasteiger partial charge in [0, 0.05) is 47.8 Å². The fourth-order valence-corrected chi connectivity index (χ4v) is 6.93. The summed E-state index contributed by atoms with van der Waals surface area (Å²) >= 11 is 6.94. The first-order valence-corrected chi connectivity index (χ1v) is 14.7. The average Bonchev–Trinajstić information content (AvgIpc) is 2.96. The maximum Gasteiger partial charge on any atom is 0.180 e. The second-order valence-corrected chi connectivity index (χ2v) is 11.0. The van der Waals surface area contributed by atoms with E-state index in [0.29, 0.717) is 42.6 Å². The molecule has 3 aliphatic rings. The van der Waals surface area contributed by atoms with Crippen LogP contribution in [0.1, 0.15) is 69.4 Å². The summed E-state index contributed by atoms with van der Waals surface area (Å²) in [7, 11) is 0. The average molecular weight is 556 g/mol. The van der Waals surface area contributed by atoms with E-state index in [1.807, 2.05) is 37.3 Å². The first-order valence-electron chi connectivity index (χ1n) is 14.4. The highest BCUT2D eigenvalue weighted by Gasteiger charge is 2.43. The number of benzene rings is 3. The van der Waals surface area contributed by atoms with Gasteiger partial charge in [0.15, 0.2) is 23.1 Å². The molecule has 3 aromatic rings. The standard InChI is InChI=1S/C34H34ClNO4/c1-3-36-26-14-8-16-28(37)32(26)31(33-27(36)15-9-17-29(33)38)23-18-25(35)34(30(19-23)39-4-2)40-20-22-12-7-11-21-10-5-6-13-24(21)22/h5-7,10-13,18-19,31H,3-4,8-9,14-17,20H2,1-2H3. The Labute approximate surface area is 240 Å². The Balaban J connectivity index is 1.44. The van der Waals surface area contributed by atoms with Crippen molar-refractivity contribution >= 4 is 33.9 Å². The Morgan fingerprint density at radius 3 is 2.20 bits per heavy atom. The van der Waals surface area contributed by atoms with Crippen LogP contribution >= 0.6 is 11.6 Å². The van der Waals surface area contributed by atoms with Crippen LogP contribution in [0.25, 0.3) is 10.8 Å². The lowest BCUT2D eigenvalue weighted by atomic mass is 9.71. The second kappa shape index (κ2) is 11.1. The molecule has 1 heterocycles. The maximum atomic E-state index is 13.5. The van der Waals surface area contributed by atoms with Crippen LogP contribution in [0.5, 0.6) is 11.5 Å². The topological polar surface area (TPSA) is 55.8 Å². The van der Waals surface area contributed by atoms with Crippen molar-refractivity contribution in [3.8, 4) is 11.5 Å². The molecule has 0 fully saturated rings. The Bertz CT molecular complexity index is 1520. The van der Waals surface area contributed by atoms with Crippen LogP contribution in [0.15, 0.2) is 77.1 Å². The number of hydrogen-bond acceptors (Lipinski definition) is 5. The first kappa shape index (κ1) is 26.6. The molecule has 0 spiro atoms. The number of allylic oxidation sites excluding steroid dienone is 4. The molecule has 6 heteroatoms. The number of nitrogens with zero attached hydrogens (tertiary/aromatic N) is 1. The summed E-state index contributed by atoms with van der Waals surface area (Å²) in [6.07, 6.45) is 4.36. The number of fused-ring (bicyclic) bond motifs is 1. The summed E-state index contributed by atoms with van der Waals surface area (Å²) in [5, 5.41) is 2.69. The molecule has 0 saturated heterocycles. The molecule has 2 aliphatic carbocycles. The van der Waals surface area contributed by atoms with Crippen molar-refractivity contribution in [3.63, 3.8) is 0 Å². The molecule has 1 aliphatic heterocycles. The Morgan fingerprint density at radius 2 is 1.52 bits per heavy atom. The number of ketones is 2. The van der Waals surface area contributed by atoms with Crippen LogP contribution in [0.2, 0.25) is 5.02 Å². The molecule has 0 N–H and O–H groups in total. The summed E-state index contributed by atoms with van der Waals surface area (Å²) in [5.41, 5.74) is 5.52. The predicted octanol–water partition coefficient (Wildman–Crippen LogP) is 7.90. The smallest absolute Gasteiger partial charge is 0.180 e. The van der Waals surface area contributed by atoms with Gasteiger partial charge < -0.3 is 14.4 Å². The van der Waals surface area contributed by atoms with E-state index in [4.69, 9.17) is 21.1 Å². The fourth-order valence-electron chi connectivity index (χ4n) is 6.66. The molecule has 0 radical (unpaired) electrons. The number of rotatable bonds is 7. The molecule has 3 aromatic carbocycles. The largest absolute Gasteiger partial charge is 0.490 e. The van der Waals surface area contributed by atoms with Gasteiger partial charge in [0.05, 0.1) is 11.6 Å². The lowest BCUT2D eigenvalue weighted by molar-refractivity contribution is -0.117. The zero-order valence-electron chi connectivity index (χ0n) is 23.1. The molecule has 0 saturated carbocycles. The number of carbonyl (C=O) groups excluding carboxylic acids is 2. The fraction of sp³-hybridized carbons (Fsp3) is 0.353. The van der Waals surface area contributed by atoms with Crippen molar-refractivity contribution in [2.45, 2.75) is 64.9 Å². The highest BCUT2D eigenvalue weighted by atomic mass is 35.5. The van der Waals surface area contributed by atoms with Crippen molar-refractivity contribution in [1.29, 1.82) is 0 Å². The van der Waals surface area contributed by atoms with Gasteiger partial charge in [-0.2, -0.15) is 0 Å². The third-order valence-electron chi connectivity index (χ3n) is 8.32. The van der Waals surface area contributed by atoms with Gasteiger partial charge in [-0.3, -0.25) is 9.59 Å². The quantitative estimate of drug-likeness (QED) is 0.296. The minimum absolute atomic E-state index is 0.125. The van der Waals surface area contributed by atoms with E-state index in [2.05, 4.69) is 36.1 Å². The van der Waals surface area contributed by atoms with Crippen LogP contribution in [0, 0.1) is 0 Å². The third kappa shape index (κ3) is 4.60. The molecule has 5 nitrogen and oxygen atoms in total. The SMILES string of the molecule is CCOc1cc(C2C3=C(CCCC3=O)N(CC)C3=C2C(=O)CCC3)cc(Cl)c1OCc1cccc2ccccc12. The van der Waals surface area contributed by atoms with E-state index in [1.54, 1.807) is 0 Å². The summed E-state index contributed by atoms with van der Waals surface area (Å²) < 4.78 is 12.4. The molecule has 0 aromatic heterocycles. The summed E-state index contributed by atoms with van der Waals surface area (Å²) in [4.78, 5) is 29.2. The van der Waals surface area contributed by atoms with Gasteiger partial charge in [-0.25, -0.2) is 0 Å². The lowest BCUT2D eigenvalue weighted by Crippen LogP contribution is -2.39. The molecule has 0 amide bonds.